The Morgan fingerprint density at radius 1 is 0.190 bits per heavy atom. The molecule has 0 fully saturated rings. The van der Waals surface area contributed by atoms with Gasteiger partial charge in [0.25, 0.3) is 0 Å². The molecule has 0 amide bonds. The standard InChI is InChI=1S/C80H50F2N2/c81-73-49-65(51-15-5-1-6-16-51)47-71(55-19-9-3-10-20-55)79(73)83(69-43-61-31-27-57-23-13-24-58-28-32-62(44-69)77(61)75(57)58)67-39-35-53(36-40-67)54-37-41-68(42-38-54)84(70-45-63-33-29-59-25-14-26-60-30-34-64(46-70)78(63)76(59)60)80-72(56-21-11-4-12-22-56)48-66(50-74(80)82)52-17-7-2-8-18-52/h1-50H. The molecule has 0 aliphatic heterocycles. The summed E-state index contributed by atoms with van der Waals surface area (Å²) in [4.78, 5) is 4.17. The van der Waals surface area contributed by atoms with E-state index in [0.717, 1.165) is 99.9 Å². The number of halogens is 2. The van der Waals surface area contributed by atoms with Crippen LogP contribution in [0.1, 0.15) is 0 Å². The SMILES string of the molecule is Fc1cc(-c2ccccc2)cc(-c2ccccc2)c1N(c1ccc(-c2ccc(N(c3cc4ccc5cccc6ccc(c3)c4c56)c3c(F)cc(-c4ccccc4)cc3-c3ccccc3)cc2)cc1)c1cc2ccc3cccc4ccc(c1)c2c34. The zero-order valence-electron chi connectivity index (χ0n) is 45.5. The molecule has 0 heterocycles. The monoisotopic (exact) mass is 1080 g/mol. The van der Waals surface area contributed by atoms with Gasteiger partial charge in [0, 0.05) is 33.9 Å². The van der Waals surface area contributed by atoms with Crippen molar-refractivity contribution < 1.29 is 8.78 Å². The predicted molar refractivity (Wildman–Crippen MR) is 350 cm³/mol. The van der Waals surface area contributed by atoms with Crippen LogP contribution >= 0.6 is 0 Å². The molecule has 0 aliphatic rings. The van der Waals surface area contributed by atoms with Crippen molar-refractivity contribution >= 4 is 98.8 Å². The lowest BCUT2D eigenvalue weighted by molar-refractivity contribution is 0.629. The summed E-state index contributed by atoms with van der Waals surface area (Å²) in [5.41, 5.74) is 13.0. The molecule has 0 saturated heterocycles. The van der Waals surface area contributed by atoms with Crippen LogP contribution < -0.4 is 9.80 Å². The van der Waals surface area contributed by atoms with E-state index in [9.17, 15) is 0 Å². The number of anilines is 6. The maximum Gasteiger partial charge on any atom is 0.148 e. The Morgan fingerprint density at radius 3 is 0.786 bits per heavy atom. The highest BCUT2D eigenvalue weighted by molar-refractivity contribution is 6.25. The summed E-state index contributed by atoms with van der Waals surface area (Å²) in [5, 5.41) is 13.9. The van der Waals surface area contributed by atoms with E-state index in [4.69, 9.17) is 0 Å². The van der Waals surface area contributed by atoms with E-state index in [1.54, 1.807) is 12.1 Å². The van der Waals surface area contributed by atoms with Gasteiger partial charge >= 0.3 is 0 Å². The third-order valence-corrected chi connectivity index (χ3v) is 17.0. The molecule has 0 N–H and O–H groups in total. The number of rotatable bonds is 11. The van der Waals surface area contributed by atoms with Crippen molar-refractivity contribution in [2.75, 3.05) is 9.80 Å². The van der Waals surface area contributed by atoms with Crippen LogP contribution in [-0.4, -0.2) is 0 Å². The Bertz CT molecular complexity index is 4670. The molecule has 16 rings (SSSR count). The minimum absolute atomic E-state index is 0.337. The fraction of sp³-hybridized carbons (Fsp3) is 0. The third-order valence-electron chi connectivity index (χ3n) is 17.0. The van der Waals surface area contributed by atoms with E-state index in [1.807, 2.05) is 97.1 Å². The van der Waals surface area contributed by atoms with Crippen molar-refractivity contribution in [1.29, 1.82) is 0 Å². The highest BCUT2D eigenvalue weighted by Gasteiger charge is 2.27. The van der Waals surface area contributed by atoms with Gasteiger partial charge in [0.2, 0.25) is 0 Å². The summed E-state index contributed by atoms with van der Waals surface area (Å²) in [5.74, 6) is -0.674. The summed E-state index contributed by atoms with van der Waals surface area (Å²) in [6, 6.07) is 104. The third kappa shape index (κ3) is 8.29. The molecule has 0 spiro atoms. The molecule has 0 aromatic heterocycles. The van der Waals surface area contributed by atoms with Crippen LogP contribution in [0.4, 0.5) is 42.9 Å². The van der Waals surface area contributed by atoms with Gasteiger partial charge in [0.1, 0.15) is 11.6 Å². The average Bonchev–Trinajstić information content (AvgIpc) is 2.19. The van der Waals surface area contributed by atoms with E-state index in [1.165, 1.54) is 43.1 Å². The first-order valence-electron chi connectivity index (χ1n) is 28.5. The van der Waals surface area contributed by atoms with Gasteiger partial charge in [-0.1, -0.05) is 231 Å². The molecule has 4 heteroatoms. The molecular formula is C80H50F2N2. The van der Waals surface area contributed by atoms with Crippen molar-refractivity contribution in [2.45, 2.75) is 0 Å². The van der Waals surface area contributed by atoms with Crippen molar-refractivity contribution in [3.63, 3.8) is 0 Å². The van der Waals surface area contributed by atoms with E-state index in [0.29, 0.717) is 11.4 Å². The van der Waals surface area contributed by atoms with Gasteiger partial charge in [0.05, 0.1) is 11.4 Å². The molecule has 0 unspecified atom stereocenters. The van der Waals surface area contributed by atoms with Crippen molar-refractivity contribution in [2.24, 2.45) is 0 Å². The predicted octanol–water partition coefficient (Wildman–Crippen LogP) is 23.0. The van der Waals surface area contributed by atoms with Gasteiger partial charge in [0.15, 0.2) is 0 Å². The lowest BCUT2D eigenvalue weighted by atomic mass is 9.92. The molecule has 0 bridgehead atoms. The zero-order valence-corrected chi connectivity index (χ0v) is 45.5. The minimum atomic E-state index is -0.337. The molecule has 0 atom stereocenters. The first kappa shape index (κ1) is 48.9. The Hall–Kier alpha value is -10.9. The van der Waals surface area contributed by atoms with Crippen LogP contribution in [0.2, 0.25) is 0 Å². The highest BCUT2D eigenvalue weighted by atomic mass is 19.1. The molecule has 16 aromatic rings. The van der Waals surface area contributed by atoms with Gasteiger partial charge in [-0.15, -0.1) is 0 Å². The summed E-state index contributed by atoms with van der Waals surface area (Å²) < 4.78 is 35.7. The first-order chi connectivity index (χ1) is 41.5. The quantitative estimate of drug-likeness (QED) is 0.119. The minimum Gasteiger partial charge on any atom is -0.307 e. The number of hydrogen-bond donors (Lipinski definition) is 0. The van der Waals surface area contributed by atoms with Crippen molar-refractivity contribution in [3.05, 3.63) is 315 Å². The molecule has 84 heavy (non-hydrogen) atoms. The average molecular weight is 1080 g/mol. The maximum atomic E-state index is 17.9. The normalized spacial score (nSPS) is 11.7. The Labute approximate surface area is 485 Å². The summed E-state index contributed by atoms with van der Waals surface area (Å²) in [6.45, 7) is 0. The van der Waals surface area contributed by atoms with Crippen LogP contribution in [-0.2, 0) is 0 Å². The lowest BCUT2D eigenvalue weighted by Crippen LogP contribution is -2.14. The van der Waals surface area contributed by atoms with Crippen LogP contribution in [0.5, 0.6) is 0 Å². The first-order valence-corrected chi connectivity index (χ1v) is 28.5. The van der Waals surface area contributed by atoms with Crippen molar-refractivity contribution in [1.82, 2.24) is 0 Å². The van der Waals surface area contributed by atoms with Gasteiger partial charge in [-0.25, -0.2) is 8.78 Å². The Kier molecular flexibility index (Phi) is 11.6. The molecule has 2 nitrogen and oxygen atoms in total. The zero-order chi connectivity index (χ0) is 55.8. The van der Waals surface area contributed by atoms with E-state index in [-0.39, 0.29) is 11.6 Å². The van der Waals surface area contributed by atoms with Crippen LogP contribution in [0, 0.1) is 11.6 Å². The largest absolute Gasteiger partial charge is 0.307 e. The lowest BCUT2D eigenvalue weighted by Gasteiger charge is -2.30. The molecule has 0 radical (unpaired) electrons. The Balaban J connectivity index is 0.849. The van der Waals surface area contributed by atoms with Crippen LogP contribution in [0.15, 0.2) is 303 Å². The van der Waals surface area contributed by atoms with Gasteiger partial charge in [-0.3, -0.25) is 0 Å². The summed E-state index contributed by atoms with van der Waals surface area (Å²) in [7, 11) is 0. The Morgan fingerprint density at radius 2 is 0.464 bits per heavy atom. The molecule has 16 aromatic carbocycles. The maximum absolute atomic E-state index is 17.9. The van der Waals surface area contributed by atoms with E-state index >= 15 is 8.78 Å². The number of hydrogen-bond acceptors (Lipinski definition) is 2. The van der Waals surface area contributed by atoms with Gasteiger partial charge < -0.3 is 9.80 Å². The topological polar surface area (TPSA) is 6.48 Å². The summed E-state index contributed by atoms with van der Waals surface area (Å²) in [6.07, 6.45) is 0. The molecule has 0 aliphatic carbocycles. The van der Waals surface area contributed by atoms with Crippen molar-refractivity contribution in [3.8, 4) is 55.6 Å². The fourth-order valence-corrected chi connectivity index (χ4v) is 13.1. The van der Waals surface area contributed by atoms with Gasteiger partial charge in [-0.2, -0.15) is 0 Å². The number of nitrogens with zero attached hydrogens (tertiary/aromatic N) is 2. The summed E-state index contributed by atoms with van der Waals surface area (Å²) >= 11 is 0. The van der Waals surface area contributed by atoms with Crippen LogP contribution in [0.25, 0.3) is 120 Å². The molecule has 394 valence electrons. The second-order valence-electron chi connectivity index (χ2n) is 21.9. The molecular weight excluding hydrogens is 1030 g/mol. The van der Waals surface area contributed by atoms with E-state index in [2.05, 4.69) is 204 Å². The van der Waals surface area contributed by atoms with Gasteiger partial charge in [-0.05, 0) is 182 Å². The number of benzene rings is 16. The highest BCUT2D eigenvalue weighted by Crippen LogP contribution is 2.50. The second kappa shape index (κ2) is 19.9. The van der Waals surface area contributed by atoms with E-state index < -0.39 is 0 Å². The smallest absolute Gasteiger partial charge is 0.148 e. The fourth-order valence-electron chi connectivity index (χ4n) is 13.1. The second-order valence-corrected chi connectivity index (χ2v) is 21.9. The van der Waals surface area contributed by atoms with Crippen LogP contribution in [0.3, 0.4) is 0 Å². The molecule has 0 saturated carbocycles.